The lowest BCUT2D eigenvalue weighted by molar-refractivity contribution is 0.301. The molecule has 2 aromatic rings. The van der Waals surface area contributed by atoms with Crippen molar-refractivity contribution in [3.63, 3.8) is 0 Å². The Bertz CT molecular complexity index is 540. The van der Waals surface area contributed by atoms with Crippen molar-refractivity contribution in [3.05, 3.63) is 58.3 Å². The Labute approximate surface area is 134 Å². The van der Waals surface area contributed by atoms with Gasteiger partial charge in [0.15, 0.2) is 0 Å². The fourth-order valence-corrected chi connectivity index (χ4v) is 2.22. The predicted molar refractivity (Wildman–Crippen MR) is 89.4 cm³/mol. The SMILES string of the molecule is CCCNC(C)c1ccc(OCc2ccc(Br)cn2)cc1. The number of pyridine rings is 1. The van der Waals surface area contributed by atoms with E-state index in [9.17, 15) is 0 Å². The van der Waals surface area contributed by atoms with Crippen molar-refractivity contribution in [2.24, 2.45) is 0 Å². The summed E-state index contributed by atoms with van der Waals surface area (Å²) in [5.41, 5.74) is 2.19. The summed E-state index contributed by atoms with van der Waals surface area (Å²) >= 11 is 3.37. The number of nitrogens with one attached hydrogen (secondary N) is 1. The largest absolute Gasteiger partial charge is 0.487 e. The highest BCUT2D eigenvalue weighted by molar-refractivity contribution is 9.10. The van der Waals surface area contributed by atoms with Gasteiger partial charge in [0.2, 0.25) is 0 Å². The Morgan fingerprint density at radius 3 is 2.57 bits per heavy atom. The molecule has 0 amide bonds. The van der Waals surface area contributed by atoms with E-state index in [-0.39, 0.29) is 0 Å². The molecule has 4 heteroatoms. The Balaban J connectivity index is 1.88. The quantitative estimate of drug-likeness (QED) is 0.800. The van der Waals surface area contributed by atoms with E-state index >= 15 is 0 Å². The normalized spacial score (nSPS) is 12.1. The van der Waals surface area contributed by atoms with Gasteiger partial charge in [-0.1, -0.05) is 19.1 Å². The molecule has 0 radical (unpaired) electrons. The number of halogens is 1. The fraction of sp³-hybridized carbons (Fsp3) is 0.353. The first kappa shape index (κ1) is 16.0. The number of benzene rings is 1. The van der Waals surface area contributed by atoms with Crippen molar-refractivity contribution in [3.8, 4) is 5.75 Å². The second-order valence-corrected chi connectivity index (χ2v) is 5.92. The smallest absolute Gasteiger partial charge is 0.130 e. The standard InChI is InChI=1S/C17H21BrN2O/c1-3-10-19-13(2)14-4-8-17(9-5-14)21-12-16-7-6-15(18)11-20-16/h4-9,11,13,19H,3,10,12H2,1-2H3. The molecule has 2 rings (SSSR count). The van der Waals surface area contributed by atoms with Crippen molar-refractivity contribution >= 4 is 15.9 Å². The van der Waals surface area contributed by atoms with Crippen LogP contribution in [0.3, 0.4) is 0 Å². The molecule has 21 heavy (non-hydrogen) atoms. The monoisotopic (exact) mass is 348 g/mol. The molecule has 0 aliphatic rings. The zero-order chi connectivity index (χ0) is 15.1. The van der Waals surface area contributed by atoms with Crippen LogP contribution in [0.2, 0.25) is 0 Å². The van der Waals surface area contributed by atoms with E-state index in [4.69, 9.17) is 4.74 Å². The second-order valence-electron chi connectivity index (χ2n) is 5.00. The van der Waals surface area contributed by atoms with Crippen LogP contribution in [-0.2, 0) is 6.61 Å². The zero-order valence-corrected chi connectivity index (χ0v) is 14.1. The molecule has 0 aliphatic carbocycles. The van der Waals surface area contributed by atoms with Gasteiger partial charge in [-0.05, 0) is 65.6 Å². The molecule has 1 aromatic carbocycles. The zero-order valence-electron chi connectivity index (χ0n) is 12.5. The lowest BCUT2D eigenvalue weighted by atomic mass is 10.1. The summed E-state index contributed by atoms with van der Waals surface area (Å²) in [5, 5.41) is 3.48. The van der Waals surface area contributed by atoms with Gasteiger partial charge in [0.05, 0.1) is 5.69 Å². The van der Waals surface area contributed by atoms with E-state index in [1.807, 2.05) is 24.3 Å². The van der Waals surface area contributed by atoms with Crippen molar-refractivity contribution in [1.29, 1.82) is 0 Å². The van der Waals surface area contributed by atoms with Gasteiger partial charge in [0.1, 0.15) is 12.4 Å². The molecule has 1 aromatic heterocycles. The van der Waals surface area contributed by atoms with Gasteiger partial charge in [-0.25, -0.2) is 0 Å². The number of ether oxygens (including phenoxy) is 1. The molecule has 1 N–H and O–H groups in total. The molecule has 0 saturated carbocycles. The van der Waals surface area contributed by atoms with Gasteiger partial charge in [0, 0.05) is 16.7 Å². The van der Waals surface area contributed by atoms with Crippen molar-refractivity contribution in [1.82, 2.24) is 10.3 Å². The first-order valence-corrected chi connectivity index (χ1v) is 8.05. The van der Waals surface area contributed by atoms with Gasteiger partial charge < -0.3 is 10.1 Å². The fourth-order valence-electron chi connectivity index (χ4n) is 1.98. The predicted octanol–water partition coefficient (Wildman–Crippen LogP) is 4.48. The van der Waals surface area contributed by atoms with Crippen LogP contribution < -0.4 is 10.1 Å². The van der Waals surface area contributed by atoms with Crippen LogP contribution in [0.1, 0.15) is 37.6 Å². The van der Waals surface area contributed by atoms with Gasteiger partial charge in [-0.3, -0.25) is 4.98 Å². The summed E-state index contributed by atoms with van der Waals surface area (Å²) in [4.78, 5) is 4.29. The molecular formula is C17H21BrN2O. The van der Waals surface area contributed by atoms with E-state index in [0.717, 1.165) is 28.9 Å². The van der Waals surface area contributed by atoms with Crippen molar-refractivity contribution in [2.75, 3.05) is 6.54 Å². The number of nitrogens with zero attached hydrogens (tertiary/aromatic N) is 1. The summed E-state index contributed by atoms with van der Waals surface area (Å²) in [7, 11) is 0. The molecule has 0 fully saturated rings. The summed E-state index contributed by atoms with van der Waals surface area (Å²) < 4.78 is 6.73. The number of rotatable bonds is 7. The lowest BCUT2D eigenvalue weighted by Crippen LogP contribution is -2.19. The summed E-state index contributed by atoms with van der Waals surface area (Å²) in [5.74, 6) is 0.867. The average molecular weight is 349 g/mol. The Kier molecular flexibility index (Phi) is 6.21. The molecule has 0 bridgehead atoms. The topological polar surface area (TPSA) is 34.1 Å². The second kappa shape index (κ2) is 8.15. The maximum atomic E-state index is 5.75. The van der Waals surface area contributed by atoms with Crippen molar-refractivity contribution < 1.29 is 4.74 Å². The van der Waals surface area contributed by atoms with E-state index in [2.05, 4.69) is 52.2 Å². The van der Waals surface area contributed by atoms with Gasteiger partial charge >= 0.3 is 0 Å². The minimum absolute atomic E-state index is 0.368. The van der Waals surface area contributed by atoms with Crippen molar-refractivity contribution in [2.45, 2.75) is 32.9 Å². The van der Waals surface area contributed by atoms with Crippen LogP contribution >= 0.6 is 15.9 Å². The maximum absolute atomic E-state index is 5.75. The Hall–Kier alpha value is -1.39. The number of hydrogen-bond acceptors (Lipinski definition) is 3. The average Bonchev–Trinajstić information content (AvgIpc) is 2.52. The molecule has 0 spiro atoms. The van der Waals surface area contributed by atoms with Crippen LogP contribution in [0.25, 0.3) is 0 Å². The number of hydrogen-bond donors (Lipinski definition) is 1. The summed E-state index contributed by atoms with van der Waals surface area (Å²) in [6.07, 6.45) is 2.93. The van der Waals surface area contributed by atoms with E-state index in [1.165, 1.54) is 5.56 Å². The maximum Gasteiger partial charge on any atom is 0.130 e. The van der Waals surface area contributed by atoms with Crippen LogP contribution in [-0.4, -0.2) is 11.5 Å². The molecule has 1 unspecified atom stereocenters. The minimum Gasteiger partial charge on any atom is -0.487 e. The van der Waals surface area contributed by atoms with Crippen LogP contribution in [0.4, 0.5) is 0 Å². The van der Waals surface area contributed by atoms with E-state index in [0.29, 0.717) is 12.6 Å². The molecular weight excluding hydrogens is 328 g/mol. The first-order valence-electron chi connectivity index (χ1n) is 7.25. The van der Waals surface area contributed by atoms with Gasteiger partial charge in [0.25, 0.3) is 0 Å². The third-order valence-corrected chi connectivity index (χ3v) is 3.73. The number of aromatic nitrogens is 1. The third kappa shape index (κ3) is 5.14. The van der Waals surface area contributed by atoms with Crippen LogP contribution in [0.5, 0.6) is 5.75 Å². The Morgan fingerprint density at radius 2 is 1.95 bits per heavy atom. The molecule has 3 nitrogen and oxygen atoms in total. The lowest BCUT2D eigenvalue weighted by Gasteiger charge is -2.14. The first-order chi connectivity index (χ1) is 10.2. The van der Waals surface area contributed by atoms with E-state index in [1.54, 1.807) is 6.20 Å². The van der Waals surface area contributed by atoms with E-state index < -0.39 is 0 Å². The molecule has 0 aliphatic heterocycles. The van der Waals surface area contributed by atoms with Gasteiger partial charge in [-0.2, -0.15) is 0 Å². The highest BCUT2D eigenvalue weighted by atomic mass is 79.9. The summed E-state index contributed by atoms with van der Waals surface area (Å²) in [6.45, 7) is 5.87. The van der Waals surface area contributed by atoms with Crippen LogP contribution in [0.15, 0.2) is 47.1 Å². The molecule has 0 saturated heterocycles. The Morgan fingerprint density at radius 1 is 1.19 bits per heavy atom. The van der Waals surface area contributed by atoms with Crippen LogP contribution in [0, 0.1) is 0 Å². The highest BCUT2D eigenvalue weighted by Gasteiger charge is 2.04. The van der Waals surface area contributed by atoms with Gasteiger partial charge in [-0.15, -0.1) is 0 Å². The molecule has 112 valence electrons. The molecule has 1 atom stereocenters. The summed E-state index contributed by atoms with van der Waals surface area (Å²) in [6, 6.07) is 12.5. The minimum atomic E-state index is 0.368. The highest BCUT2D eigenvalue weighted by Crippen LogP contribution is 2.18. The molecule has 1 heterocycles. The third-order valence-electron chi connectivity index (χ3n) is 3.26.